The van der Waals surface area contributed by atoms with Crippen LogP contribution in [0.5, 0.6) is 0 Å². The highest BCUT2D eigenvalue weighted by molar-refractivity contribution is 6.39. The largest absolute Gasteiger partial charge is 0.358 e. The first-order valence-electron chi connectivity index (χ1n) is 6.79. The zero-order valence-corrected chi connectivity index (χ0v) is 14.0. The van der Waals surface area contributed by atoms with Crippen molar-refractivity contribution in [3.05, 3.63) is 74.4 Å². The molecule has 2 aromatic carbocycles. The molecule has 0 atom stereocenters. The second-order valence-corrected chi connectivity index (χ2v) is 5.49. The van der Waals surface area contributed by atoms with E-state index >= 15 is 0 Å². The number of nitro benzene ring substituents is 1. The van der Waals surface area contributed by atoms with E-state index in [0.29, 0.717) is 15.7 Å². The van der Waals surface area contributed by atoms with Gasteiger partial charge in [-0.15, -0.1) is 0 Å². The maximum Gasteiger partial charge on any atom is 0.271 e. The molecule has 0 bridgehead atoms. The Labute approximate surface area is 152 Å². The lowest BCUT2D eigenvalue weighted by atomic mass is 10.2. The third-order valence-electron chi connectivity index (χ3n) is 3.00. The maximum absolute atomic E-state index is 12.1. The highest BCUT2D eigenvalue weighted by atomic mass is 35.5. The molecule has 0 saturated carbocycles. The van der Waals surface area contributed by atoms with Gasteiger partial charge < -0.3 is 10.6 Å². The smallest absolute Gasteiger partial charge is 0.271 e. The summed E-state index contributed by atoms with van der Waals surface area (Å²) in [7, 11) is 0. The molecule has 0 aromatic heterocycles. The molecule has 0 saturated heterocycles. The second-order valence-electron chi connectivity index (χ2n) is 4.67. The number of carbonyl (C=O) groups excluding carboxylic acids is 1. The molecule has 25 heavy (non-hydrogen) atoms. The Morgan fingerprint density at radius 1 is 1.20 bits per heavy atom. The molecule has 0 aliphatic rings. The topological polar surface area (TPSA) is 108 Å². The minimum atomic E-state index is -0.737. The summed E-state index contributed by atoms with van der Waals surface area (Å²) in [6.07, 6.45) is 1.15. The van der Waals surface area contributed by atoms with E-state index in [1.165, 1.54) is 24.3 Å². The number of hydrogen-bond donors (Lipinski definition) is 2. The molecule has 126 valence electrons. The van der Waals surface area contributed by atoms with Gasteiger partial charge >= 0.3 is 0 Å². The molecular weight excluding hydrogens is 367 g/mol. The summed E-state index contributed by atoms with van der Waals surface area (Å²) in [5, 5.41) is 25.7. The number of anilines is 2. The van der Waals surface area contributed by atoms with Gasteiger partial charge in [-0.05, 0) is 18.2 Å². The van der Waals surface area contributed by atoms with Crippen LogP contribution in [0.1, 0.15) is 0 Å². The van der Waals surface area contributed by atoms with Crippen molar-refractivity contribution in [2.45, 2.75) is 0 Å². The van der Waals surface area contributed by atoms with Crippen LogP contribution >= 0.6 is 23.2 Å². The van der Waals surface area contributed by atoms with E-state index in [2.05, 4.69) is 10.6 Å². The molecule has 9 heteroatoms. The van der Waals surface area contributed by atoms with Crippen LogP contribution in [0.4, 0.5) is 17.1 Å². The fourth-order valence-electron chi connectivity index (χ4n) is 1.82. The van der Waals surface area contributed by atoms with Crippen LogP contribution in [0, 0.1) is 21.4 Å². The Balaban J connectivity index is 2.17. The van der Waals surface area contributed by atoms with Crippen LogP contribution in [0.3, 0.4) is 0 Å². The van der Waals surface area contributed by atoms with Crippen molar-refractivity contribution in [1.29, 1.82) is 5.26 Å². The average Bonchev–Trinajstić information content (AvgIpc) is 2.57. The van der Waals surface area contributed by atoms with Gasteiger partial charge in [0.1, 0.15) is 11.6 Å². The Kier molecular flexibility index (Phi) is 5.95. The van der Waals surface area contributed by atoms with Crippen molar-refractivity contribution in [3.8, 4) is 6.07 Å². The van der Waals surface area contributed by atoms with Crippen LogP contribution in [-0.2, 0) is 4.79 Å². The molecule has 2 aromatic rings. The Hall–Kier alpha value is -3.08. The van der Waals surface area contributed by atoms with Crippen LogP contribution in [0.2, 0.25) is 10.0 Å². The number of nitrogens with one attached hydrogen (secondary N) is 2. The third-order valence-corrected chi connectivity index (χ3v) is 3.63. The van der Waals surface area contributed by atoms with E-state index in [4.69, 9.17) is 28.5 Å². The molecule has 0 spiro atoms. The summed E-state index contributed by atoms with van der Waals surface area (Å²) in [6.45, 7) is 0. The van der Waals surface area contributed by atoms with Crippen molar-refractivity contribution in [1.82, 2.24) is 0 Å². The van der Waals surface area contributed by atoms with Crippen LogP contribution < -0.4 is 10.6 Å². The van der Waals surface area contributed by atoms with E-state index < -0.39 is 10.8 Å². The minimum Gasteiger partial charge on any atom is -0.358 e. The average molecular weight is 377 g/mol. The van der Waals surface area contributed by atoms with Gasteiger partial charge in [-0.2, -0.15) is 5.26 Å². The van der Waals surface area contributed by atoms with Crippen molar-refractivity contribution in [3.63, 3.8) is 0 Å². The monoisotopic (exact) mass is 376 g/mol. The molecular formula is C16H10Cl2N4O3. The number of halogens is 2. The SMILES string of the molecule is N#C/C(=C/Nc1c(Cl)cccc1Cl)C(=O)Nc1cccc([N+](=O)[O-])c1. The number of rotatable bonds is 5. The molecule has 0 heterocycles. The normalized spacial score (nSPS) is 10.7. The molecule has 2 rings (SSSR count). The fourth-order valence-corrected chi connectivity index (χ4v) is 2.33. The summed E-state index contributed by atoms with van der Waals surface area (Å²) in [5.74, 6) is -0.737. The first kappa shape index (κ1) is 18.3. The van der Waals surface area contributed by atoms with E-state index in [1.54, 1.807) is 24.3 Å². The van der Waals surface area contributed by atoms with Gasteiger partial charge in [0.2, 0.25) is 0 Å². The number of para-hydroxylation sites is 1. The number of nitro groups is 1. The maximum atomic E-state index is 12.1. The first-order chi connectivity index (χ1) is 11.9. The summed E-state index contributed by atoms with van der Waals surface area (Å²) in [4.78, 5) is 22.3. The number of non-ortho nitro benzene ring substituents is 1. The molecule has 7 nitrogen and oxygen atoms in total. The predicted molar refractivity (Wildman–Crippen MR) is 95.5 cm³/mol. The summed E-state index contributed by atoms with van der Waals surface area (Å²) < 4.78 is 0. The number of amides is 1. The van der Waals surface area contributed by atoms with E-state index in [1.807, 2.05) is 0 Å². The third kappa shape index (κ3) is 4.70. The van der Waals surface area contributed by atoms with Gasteiger partial charge in [0, 0.05) is 24.0 Å². The van der Waals surface area contributed by atoms with Gasteiger partial charge in [-0.3, -0.25) is 14.9 Å². The fraction of sp³-hybridized carbons (Fsp3) is 0. The highest BCUT2D eigenvalue weighted by Crippen LogP contribution is 2.30. The van der Waals surface area contributed by atoms with E-state index in [0.717, 1.165) is 6.20 Å². The molecule has 0 aliphatic heterocycles. The molecule has 0 unspecified atom stereocenters. The summed E-state index contributed by atoms with van der Waals surface area (Å²) in [6, 6.07) is 11.9. The first-order valence-corrected chi connectivity index (χ1v) is 7.54. The van der Waals surface area contributed by atoms with Gasteiger partial charge in [-0.25, -0.2) is 0 Å². The number of nitrogens with zero attached hydrogens (tertiary/aromatic N) is 2. The van der Waals surface area contributed by atoms with Crippen molar-refractivity contribution >= 4 is 46.2 Å². The van der Waals surface area contributed by atoms with Crippen LogP contribution in [0.25, 0.3) is 0 Å². The number of hydrogen-bond acceptors (Lipinski definition) is 5. The Morgan fingerprint density at radius 3 is 2.44 bits per heavy atom. The van der Waals surface area contributed by atoms with E-state index in [9.17, 15) is 14.9 Å². The lowest BCUT2D eigenvalue weighted by Gasteiger charge is -2.07. The van der Waals surface area contributed by atoms with Gasteiger partial charge in [0.05, 0.1) is 20.7 Å². The van der Waals surface area contributed by atoms with Crippen LogP contribution in [0.15, 0.2) is 54.2 Å². The predicted octanol–water partition coefficient (Wildman–Crippen LogP) is 4.36. The van der Waals surface area contributed by atoms with Gasteiger partial charge in [-0.1, -0.05) is 35.3 Å². The van der Waals surface area contributed by atoms with Gasteiger partial charge in [0.25, 0.3) is 11.6 Å². The number of benzene rings is 2. The van der Waals surface area contributed by atoms with Gasteiger partial charge in [0.15, 0.2) is 0 Å². The second kappa shape index (κ2) is 8.15. The zero-order valence-electron chi connectivity index (χ0n) is 12.5. The lowest BCUT2D eigenvalue weighted by Crippen LogP contribution is -2.14. The van der Waals surface area contributed by atoms with E-state index in [-0.39, 0.29) is 16.9 Å². The quantitative estimate of drug-likeness (QED) is 0.348. The number of nitriles is 1. The minimum absolute atomic E-state index is 0.179. The van der Waals surface area contributed by atoms with Crippen LogP contribution in [-0.4, -0.2) is 10.8 Å². The standard InChI is InChI=1S/C16H10Cl2N4O3/c17-13-5-2-6-14(18)15(13)20-9-10(8-19)16(23)21-11-3-1-4-12(7-11)22(24)25/h1-7,9,20H,(H,21,23)/b10-9-. The molecule has 1 amide bonds. The summed E-state index contributed by atoms with van der Waals surface area (Å²) in [5.41, 5.74) is 0.0987. The molecule has 0 radical (unpaired) electrons. The lowest BCUT2D eigenvalue weighted by molar-refractivity contribution is -0.384. The molecule has 0 aliphatic carbocycles. The summed E-state index contributed by atoms with van der Waals surface area (Å²) >= 11 is 12.0. The zero-order chi connectivity index (χ0) is 18.4. The number of carbonyl (C=O) groups is 1. The van der Waals surface area contributed by atoms with Crippen molar-refractivity contribution in [2.75, 3.05) is 10.6 Å². The molecule has 0 fully saturated rings. The van der Waals surface area contributed by atoms with Crippen molar-refractivity contribution in [2.24, 2.45) is 0 Å². The molecule has 2 N–H and O–H groups in total. The van der Waals surface area contributed by atoms with Crippen molar-refractivity contribution < 1.29 is 9.72 Å². The Bertz CT molecular complexity index is 886. The highest BCUT2D eigenvalue weighted by Gasteiger charge is 2.12. The Morgan fingerprint density at radius 2 is 1.84 bits per heavy atom.